The highest BCUT2D eigenvalue weighted by molar-refractivity contribution is 5.99. The van der Waals surface area contributed by atoms with E-state index in [1.165, 1.54) is 0 Å². The lowest BCUT2D eigenvalue weighted by Gasteiger charge is -2.41. The maximum absolute atomic E-state index is 5.68. The average Bonchev–Trinajstić information content (AvgIpc) is 3.24. The maximum atomic E-state index is 5.68. The van der Waals surface area contributed by atoms with Crippen LogP contribution >= 0.6 is 0 Å². The van der Waals surface area contributed by atoms with E-state index < -0.39 is 0 Å². The van der Waals surface area contributed by atoms with Gasteiger partial charge in [0.05, 0.1) is 37.2 Å². The lowest BCUT2D eigenvalue weighted by molar-refractivity contribution is 0.260. The summed E-state index contributed by atoms with van der Waals surface area (Å²) in [5.41, 5.74) is 4.08. The van der Waals surface area contributed by atoms with Crippen molar-refractivity contribution in [1.82, 2.24) is 24.8 Å². The quantitative estimate of drug-likeness (QED) is 0.542. The van der Waals surface area contributed by atoms with Crippen LogP contribution in [0, 0.1) is 0 Å². The number of nitrogens with one attached hydrogen (secondary N) is 1. The number of benzene rings is 2. The van der Waals surface area contributed by atoms with E-state index in [1.54, 1.807) is 7.11 Å². The number of aliphatic imine (C=N–C) groups is 1. The molecule has 1 N–H and O–H groups in total. The minimum atomic E-state index is -0.175. The molecule has 32 heavy (non-hydrogen) atoms. The predicted octanol–water partition coefficient (Wildman–Crippen LogP) is 3.18. The fourth-order valence-corrected chi connectivity index (χ4v) is 4.44. The van der Waals surface area contributed by atoms with Gasteiger partial charge < -0.3 is 10.1 Å². The Hall–Kier alpha value is -3.91. The number of hydrogen-bond acceptors (Lipinski definition) is 7. The van der Waals surface area contributed by atoms with Crippen LogP contribution in [0.15, 0.2) is 77.9 Å². The molecule has 8 nitrogen and oxygen atoms in total. The molecule has 0 saturated carbocycles. The monoisotopic (exact) mass is 425 g/mol. The summed E-state index contributed by atoms with van der Waals surface area (Å²) in [6, 6.07) is 22.3. The van der Waals surface area contributed by atoms with Crippen molar-refractivity contribution in [2.24, 2.45) is 4.99 Å². The van der Waals surface area contributed by atoms with Crippen molar-refractivity contribution in [1.29, 1.82) is 0 Å². The first-order valence-corrected chi connectivity index (χ1v) is 10.6. The third-order valence-corrected chi connectivity index (χ3v) is 5.91. The second kappa shape index (κ2) is 7.65. The Morgan fingerprint density at radius 1 is 1.03 bits per heavy atom. The number of nitrogens with zero attached hydrogens (tertiary/aromatic N) is 6. The number of rotatable bonds is 4. The van der Waals surface area contributed by atoms with Gasteiger partial charge in [0, 0.05) is 18.3 Å². The molecule has 6 rings (SSSR count). The van der Waals surface area contributed by atoms with E-state index in [0.717, 1.165) is 46.5 Å². The highest BCUT2D eigenvalue weighted by Crippen LogP contribution is 2.36. The second-order valence-electron chi connectivity index (χ2n) is 7.90. The van der Waals surface area contributed by atoms with E-state index in [9.17, 15) is 0 Å². The Bertz CT molecular complexity index is 1300. The number of guanidine groups is 1. The summed E-state index contributed by atoms with van der Waals surface area (Å²) >= 11 is 0. The van der Waals surface area contributed by atoms with Crippen molar-refractivity contribution in [3.05, 3.63) is 84.2 Å². The molecule has 2 aromatic heterocycles. The molecule has 0 saturated heterocycles. The molecule has 8 heteroatoms. The van der Waals surface area contributed by atoms with Crippen molar-refractivity contribution >= 4 is 22.9 Å². The molecule has 160 valence electrons. The minimum Gasteiger partial charge on any atom is -0.496 e. The zero-order valence-electron chi connectivity index (χ0n) is 17.7. The van der Waals surface area contributed by atoms with E-state index in [4.69, 9.17) is 14.7 Å². The highest BCUT2D eigenvalue weighted by Gasteiger charge is 2.36. The third-order valence-electron chi connectivity index (χ3n) is 5.91. The molecule has 0 fully saturated rings. The molecular formula is C24H23N7O. The van der Waals surface area contributed by atoms with Crippen LogP contribution in [-0.2, 0) is 6.54 Å². The molecule has 2 aromatic carbocycles. The molecule has 1 atom stereocenters. The van der Waals surface area contributed by atoms with Gasteiger partial charge >= 0.3 is 0 Å². The zero-order chi connectivity index (χ0) is 21.5. The number of para-hydroxylation sites is 3. The standard InChI is InChI=1S/C24H23N7O/c1-32-21-12-5-2-9-18(21)22-28-23-26-15-29(14-17-8-6-7-13-25-17)16-30(23)24-27-19-10-3-4-11-20(19)31(22)24/h2-13,22H,14-16H2,1H3,(H,26,28)/t22-/m1/s1. The molecule has 4 aromatic rings. The molecule has 0 radical (unpaired) electrons. The van der Waals surface area contributed by atoms with Crippen molar-refractivity contribution in [3.63, 3.8) is 0 Å². The predicted molar refractivity (Wildman–Crippen MR) is 123 cm³/mol. The van der Waals surface area contributed by atoms with Crippen LogP contribution in [-0.4, -0.2) is 45.8 Å². The topological polar surface area (TPSA) is 70.8 Å². The van der Waals surface area contributed by atoms with E-state index in [0.29, 0.717) is 13.3 Å². The molecule has 4 heterocycles. The second-order valence-corrected chi connectivity index (χ2v) is 7.90. The summed E-state index contributed by atoms with van der Waals surface area (Å²) in [6.07, 6.45) is 1.65. The van der Waals surface area contributed by atoms with Crippen LogP contribution in [0.4, 0.5) is 5.95 Å². The van der Waals surface area contributed by atoms with Gasteiger partial charge in [0.1, 0.15) is 11.9 Å². The largest absolute Gasteiger partial charge is 0.496 e. The number of anilines is 1. The third kappa shape index (κ3) is 3.07. The van der Waals surface area contributed by atoms with Crippen LogP contribution < -0.4 is 15.0 Å². The first kappa shape index (κ1) is 18.8. The molecule has 0 amide bonds. The molecule has 0 bridgehead atoms. The van der Waals surface area contributed by atoms with E-state index in [2.05, 4.69) is 36.8 Å². The Morgan fingerprint density at radius 3 is 2.75 bits per heavy atom. The van der Waals surface area contributed by atoms with Gasteiger partial charge in [-0.2, -0.15) is 0 Å². The number of ether oxygens (including phenoxy) is 1. The molecular weight excluding hydrogens is 402 g/mol. The molecule has 0 spiro atoms. The smallest absolute Gasteiger partial charge is 0.216 e. The Labute approximate surface area is 185 Å². The summed E-state index contributed by atoms with van der Waals surface area (Å²) in [4.78, 5) is 18.7. The van der Waals surface area contributed by atoms with Gasteiger partial charge in [-0.15, -0.1) is 0 Å². The number of pyridine rings is 1. The first-order valence-electron chi connectivity index (χ1n) is 10.6. The summed E-state index contributed by atoms with van der Waals surface area (Å²) in [6.45, 7) is 1.99. The Balaban J connectivity index is 1.44. The van der Waals surface area contributed by atoms with Crippen molar-refractivity contribution in [2.45, 2.75) is 12.7 Å². The summed E-state index contributed by atoms with van der Waals surface area (Å²) < 4.78 is 7.91. The van der Waals surface area contributed by atoms with Crippen LogP contribution in [0.1, 0.15) is 17.4 Å². The fourth-order valence-electron chi connectivity index (χ4n) is 4.44. The van der Waals surface area contributed by atoms with Crippen LogP contribution in [0.3, 0.4) is 0 Å². The lowest BCUT2D eigenvalue weighted by Crippen LogP contribution is -2.57. The SMILES string of the molecule is COc1ccccc1[C@@H]1NC2=NCN(Cc3ccccn3)CN2c2nc3ccccc3n21. The van der Waals surface area contributed by atoms with Crippen LogP contribution in [0.5, 0.6) is 5.75 Å². The summed E-state index contributed by atoms with van der Waals surface area (Å²) in [5.74, 6) is 2.52. The number of imidazole rings is 1. The summed E-state index contributed by atoms with van der Waals surface area (Å²) in [7, 11) is 1.70. The maximum Gasteiger partial charge on any atom is 0.216 e. The number of aromatic nitrogens is 3. The van der Waals surface area contributed by atoms with Crippen molar-refractivity contribution < 1.29 is 4.74 Å². The minimum absolute atomic E-state index is 0.175. The van der Waals surface area contributed by atoms with Gasteiger partial charge in [-0.1, -0.05) is 36.4 Å². The van der Waals surface area contributed by atoms with E-state index >= 15 is 0 Å². The van der Waals surface area contributed by atoms with E-state index in [1.807, 2.05) is 60.8 Å². The normalized spacial score (nSPS) is 18.0. The molecule has 2 aliphatic rings. The van der Waals surface area contributed by atoms with Gasteiger partial charge in [-0.05, 0) is 30.3 Å². The lowest BCUT2D eigenvalue weighted by atomic mass is 10.1. The number of hydrogen-bond donors (Lipinski definition) is 1. The zero-order valence-corrected chi connectivity index (χ0v) is 17.7. The van der Waals surface area contributed by atoms with Gasteiger partial charge in [-0.3, -0.25) is 19.4 Å². The van der Waals surface area contributed by atoms with Crippen LogP contribution in [0.2, 0.25) is 0 Å². The average molecular weight is 425 g/mol. The fraction of sp³-hybridized carbons (Fsp3) is 0.208. The van der Waals surface area contributed by atoms with Gasteiger partial charge in [-0.25, -0.2) is 9.98 Å². The van der Waals surface area contributed by atoms with Crippen LogP contribution in [0.25, 0.3) is 11.0 Å². The van der Waals surface area contributed by atoms with Gasteiger partial charge in [0.25, 0.3) is 0 Å². The first-order chi connectivity index (χ1) is 15.8. The van der Waals surface area contributed by atoms with Crippen molar-refractivity contribution in [2.75, 3.05) is 25.3 Å². The molecule has 0 unspecified atom stereocenters. The summed E-state index contributed by atoms with van der Waals surface area (Å²) in [5, 5.41) is 3.64. The van der Waals surface area contributed by atoms with Crippen molar-refractivity contribution in [3.8, 4) is 5.75 Å². The number of methoxy groups -OCH3 is 1. The number of fused-ring (bicyclic) bond motifs is 5. The Morgan fingerprint density at radius 2 is 1.88 bits per heavy atom. The highest BCUT2D eigenvalue weighted by atomic mass is 16.5. The van der Waals surface area contributed by atoms with Gasteiger partial charge in [0.15, 0.2) is 0 Å². The van der Waals surface area contributed by atoms with Gasteiger partial charge in [0.2, 0.25) is 11.9 Å². The van der Waals surface area contributed by atoms with E-state index in [-0.39, 0.29) is 6.17 Å². The molecule has 2 aliphatic heterocycles. The molecule has 0 aliphatic carbocycles. The Kier molecular flexibility index (Phi) is 4.50.